The maximum atomic E-state index is 13.1. The first kappa shape index (κ1) is 21.1. The highest BCUT2D eigenvalue weighted by atomic mass is 32.2. The summed E-state index contributed by atoms with van der Waals surface area (Å²) in [6, 6.07) is 12.4. The fourth-order valence-corrected chi connectivity index (χ4v) is 4.68. The number of amides is 1. The van der Waals surface area contributed by atoms with Crippen molar-refractivity contribution in [2.45, 2.75) is 31.2 Å². The number of ether oxygens (including phenoxy) is 1. The summed E-state index contributed by atoms with van der Waals surface area (Å²) < 4.78 is 33.0. The first-order chi connectivity index (χ1) is 13.8. The van der Waals surface area contributed by atoms with Crippen molar-refractivity contribution in [1.82, 2.24) is 4.31 Å². The fraction of sp³-hybridized carbons (Fsp3) is 0.318. The number of carbonyl (C=O) groups is 1. The highest BCUT2D eigenvalue weighted by Gasteiger charge is 2.25. The van der Waals surface area contributed by atoms with Crippen molar-refractivity contribution in [3.8, 4) is 5.75 Å². The van der Waals surface area contributed by atoms with Gasteiger partial charge in [-0.05, 0) is 54.3 Å². The molecule has 0 aromatic heterocycles. The smallest absolute Gasteiger partial charge is 0.243 e. The molecule has 1 heterocycles. The molecular weight excluding hydrogens is 388 g/mol. The molecule has 29 heavy (non-hydrogen) atoms. The Hall–Kier alpha value is -2.64. The van der Waals surface area contributed by atoms with Gasteiger partial charge in [0.05, 0.1) is 4.90 Å². The van der Waals surface area contributed by atoms with Crippen molar-refractivity contribution >= 4 is 21.6 Å². The Balaban J connectivity index is 1.82. The minimum atomic E-state index is -3.67. The van der Waals surface area contributed by atoms with Crippen LogP contribution in [0, 0.1) is 0 Å². The number of sulfonamides is 1. The van der Waals surface area contributed by atoms with Crippen LogP contribution in [0.25, 0.3) is 0 Å². The zero-order valence-corrected chi connectivity index (χ0v) is 17.6. The molecule has 0 unspecified atom stereocenters. The van der Waals surface area contributed by atoms with Crippen LogP contribution in [0.15, 0.2) is 60.0 Å². The number of hydrogen-bond donors (Lipinski definition) is 0. The maximum absolute atomic E-state index is 13.1. The van der Waals surface area contributed by atoms with E-state index < -0.39 is 10.0 Å². The van der Waals surface area contributed by atoms with Gasteiger partial charge in [-0.2, -0.15) is 4.31 Å². The highest BCUT2D eigenvalue weighted by Crippen LogP contribution is 2.30. The Labute approximate surface area is 172 Å². The van der Waals surface area contributed by atoms with Gasteiger partial charge in [0.25, 0.3) is 0 Å². The molecule has 1 aliphatic heterocycles. The van der Waals surface area contributed by atoms with Crippen LogP contribution in [0.2, 0.25) is 0 Å². The van der Waals surface area contributed by atoms with E-state index in [1.54, 1.807) is 36.2 Å². The zero-order valence-electron chi connectivity index (χ0n) is 16.8. The average Bonchev–Trinajstić information content (AvgIpc) is 2.71. The number of hydrogen-bond acceptors (Lipinski definition) is 4. The SMILES string of the molecule is C=CCOc1cccc(CN(C)S(=O)(=O)c2ccc3c(c2)CCCN3C(C)=O)c1. The summed E-state index contributed by atoms with van der Waals surface area (Å²) in [7, 11) is -2.10. The molecule has 0 radical (unpaired) electrons. The second kappa shape index (κ2) is 8.80. The van der Waals surface area contributed by atoms with Crippen LogP contribution >= 0.6 is 0 Å². The summed E-state index contributed by atoms with van der Waals surface area (Å²) in [5.41, 5.74) is 2.52. The maximum Gasteiger partial charge on any atom is 0.243 e. The lowest BCUT2D eigenvalue weighted by Crippen LogP contribution is -2.34. The lowest BCUT2D eigenvalue weighted by molar-refractivity contribution is -0.116. The van der Waals surface area contributed by atoms with Crippen molar-refractivity contribution in [3.63, 3.8) is 0 Å². The molecule has 1 amide bonds. The molecule has 0 saturated carbocycles. The molecule has 0 bridgehead atoms. The van der Waals surface area contributed by atoms with Crippen molar-refractivity contribution < 1.29 is 17.9 Å². The lowest BCUT2D eigenvalue weighted by atomic mass is 10.0. The first-order valence-electron chi connectivity index (χ1n) is 9.53. The molecule has 0 spiro atoms. The predicted octanol–water partition coefficient (Wildman–Crippen LogP) is 3.37. The van der Waals surface area contributed by atoms with Gasteiger partial charge in [-0.25, -0.2) is 8.42 Å². The quantitative estimate of drug-likeness (QED) is 0.652. The third kappa shape index (κ3) is 4.68. The van der Waals surface area contributed by atoms with E-state index in [1.807, 2.05) is 24.3 Å². The van der Waals surface area contributed by atoms with Crippen LogP contribution < -0.4 is 9.64 Å². The second-order valence-corrected chi connectivity index (χ2v) is 9.12. The van der Waals surface area contributed by atoms with E-state index >= 15 is 0 Å². The Morgan fingerprint density at radius 1 is 1.28 bits per heavy atom. The van der Waals surface area contributed by atoms with Crippen LogP contribution in [-0.2, 0) is 27.8 Å². The summed E-state index contributed by atoms with van der Waals surface area (Å²) in [5.74, 6) is 0.642. The monoisotopic (exact) mass is 414 g/mol. The molecule has 2 aromatic carbocycles. The van der Waals surface area contributed by atoms with E-state index in [4.69, 9.17) is 4.74 Å². The molecule has 0 N–H and O–H groups in total. The van der Waals surface area contributed by atoms with Gasteiger partial charge in [-0.1, -0.05) is 24.8 Å². The lowest BCUT2D eigenvalue weighted by Gasteiger charge is -2.29. The van der Waals surface area contributed by atoms with Gasteiger partial charge in [0, 0.05) is 32.7 Å². The van der Waals surface area contributed by atoms with Gasteiger partial charge in [-0.3, -0.25) is 4.79 Å². The molecule has 154 valence electrons. The van der Waals surface area contributed by atoms with Crippen LogP contribution in [0.3, 0.4) is 0 Å². The highest BCUT2D eigenvalue weighted by molar-refractivity contribution is 7.89. The van der Waals surface area contributed by atoms with E-state index in [-0.39, 0.29) is 17.3 Å². The van der Waals surface area contributed by atoms with Gasteiger partial charge in [0.1, 0.15) is 12.4 Å². The topological polar surface area (TPSA) is 66.9 Å². The molecule has 3 rings (SSSR count). The molecule has 6 nitrogen and oxygen atoms in total. The second-order valence-electron chi connectivity index (χ2n) is 7.07. The van der Waals surface area contributed by atoms with Gasteiger partial charge in [0.2, 0.25) is 15.9 Å². The number of anilines is 1. The Morgan fingerprint density at radius 2 is 2.07 bits per heavy atom. The van der Waals surface area contributed by atoms with Crippen LogP contribution in [0.5, 0.6) is 5.75 Å². The van der Waals surface area contributed by atoms with E-state index in [0.29, 0.717) is 18.9 Å². The van der Waals surface area contributed by atoms with E-state index in [1.165, 1.54) is 11.2 Å². The average molecular weight is 415 g/mol. The molecule has 7 heteroatoms. The summed E-state index contributed by atoms with van der Waals surface area (Å²) in [5, 5.41) is 0. The third-order valence-electron chi connectivity index (χ3n) is 4.93. The number of benzene rings is 2. The van der Waals surface area contributed by atoms with Crippen LogP contribution in [0.4, 0.5) is 5.69 Å². The summed E-state index contributed by atoms with van der Waals surface area (Å²) in [6.07, 6.45) is 3.24. The Kier molecular flexibility index (Phi) is 6.39. The van der Waals surface area contributed by atoms with Crippen molar-refractivity contribution in [1.29, 1.82) is 0 Å². The minimum absolute atomic E-state index is 0.0303. The zero-order chi connectivity index (χ0) is 21.0. The van der Waals surface area contributed by atoms with E-state index in [0.717, 1.165) is 29.7 Å². The summed E-state index contributed by atoms with van der Waals surface area (Å²) >= 11 is 0. The van der Waals surface area contributed by atoms with Gasteiger partial charge in [0.15, 0.2) is 0 Å². The van der Waals surface area contributed by atoms with E-state index in [9.17, 15) is 13.2 Å². The largest absolute Gasteiger partial charge is 0.490 e. The number of fused-ring (bicyclic) bond motifs is 1. The van der Waals surface area contributed by atoms with Crippen molar-refractivity contribution in [3.05, 3.63) is 66.2 Å². The molecule has 0 aliphatic carbocycles. The number of carbonyl (C=O) groups excluding carboxylic acids is 1. The Bertz CT molecular complexity index is 1020. The molecule has 0 atom stereocenters. The standard InChI is InChI=1S/C22H26N2O4S/c1-4-13-28-20-9-5-7-18(14-20)16-23(3)29(26,27)21-10-11-22-19(15-21)8-6-12-24(22)17(2)25/h4-5,7,9-11,14-15H,1,6,8,12-13,16H2,2-3H3. The molecule has 0 saturated heterocycles. The summed E-state index contributed by atoms with van der Waals surface area (Å²) in [6.45, 7) is 6.44. The third-order valence-corrected chi connectivity index (χ3v) is 6.73. The predicted molar refractivity (Wildman–Crippen MR) is 114 cm³/mol. The molecule has 1 aliphatic rings. The molecule has 2 aromatic rings. The number of aryl methyl sites for hydroxylation is 1. The van der Waals surface area contributed by atoms with Gasteiger partial charge >= 0.3 is 0 Å². The normalized spacial score (nSPS) is 13.8. The first-order valence-corrected chi connectivity index (χ1v) is 11.0. The molecular formula is C22H26N2O4S. The van der Waals surface area contributed by atoms with E-state index in [2.05, 4.69) is 6.58 Å². The van der Waals surface area contributed by atoms with Crippen LogP contribution in [0.1, 0.15) is 24.5 Å². The van der Waals surface area contributed by atoms with Crippen LogP contribution in [-0.4, -0.2) is 38.8 Å². The number of nitrogens with zero attached hydrogens (tertiary/aromatic N) is 2. The Morgan fingerprint density at radius 3 is 2.79 bits per heavy atom. The fourth-order valence-electron chi connectivity index (χ4n) is 3.47. The summed E-state index contributed by atoms with van der Waals surface area (Å²) in [4.78, 5) is 13.8. The van der Waals surface area contributed by atoms with Crippen molar-refractivity contribution in [2.75, 3.05) is 25.1 Å². The number of rotatable bonds is 7. The molecule has 0 fully saturated rings. The van der Waals surface area contributed by atoms with Crippen molar-refractivity contribution in [2.24, 2.45) is 0 Å². The van der Waals surface area contributed by atoms with Gasteiger partial charge < -0.3 is 9.64 Å². The minimum Gasteiger partial charge on any atom is -0.490 e. The van der Waals surface area contributed by atoms with Gasteiger partial charge in [-0.15, -0.1) is 0 Å².